The van der Waals surface area contributed by atoms with Gasteiger partial charge in [-0.3, -0.25) is 9.69 Å². The second-order valence-corrected chi connectivity index (χ2v) is 3.61. The molecule has 0 bridgehead atoms. The van der Waals surface area contributed by atoms with Gasteiger partial charge in [0, 0.05) is 6.54 Å². The fourth-order valence-electron chi connectivity index (χ4n) is 1.50. The van der Waals surface area contributed by atoms with Gasteiger partial charge in [-0.15, -0.1) is 0 Å². The lowest BCUT2D eigenvalue weighted by atomic mass is 10.1. The average Bonchev–Trinajstić information content (AvgIpc) is 2.29. The van der Waals surface area contributed by atoms with E-state index in [-0.39, 0.29) is 12.1 Å². The molecule has 4 nitrogen and oxygen atoms in total. The van der Waals surface area contributed by atoms with E-state index in [2.05, 4.69) is 0 Å². The van der Waals surface area contributed by atoms with Gasteiger partial charge in [0.1, 0.15) is 5.82 Å². The minimum atomic E-state index is -0.924. The number of rotatable bonds is 5. The first-order chi connectivity index (χ1) is 8.06. The van der Waals surface area contributed by atoms with E-state index >= 15 is 0 Å². The van der Waals surface area contributed by atoms with Crippen molar-refractivity contribution in [2.75, 3.05) is 13.1 Å². The van der Waals surface area contributed by atoms with E-state index < -0.39 is 11.8 Å². The van der Waals surface area contributed by atoms with Crippen LogP contribution in [0.4, 0.5) is 4.39 Å². The molecule has 0 fully saturated rings. The molecule has 0 amide bonds. The summed E-state index contributed by atoms with van der Waals surface area (Å²) in [4.78, 5) is 12.3. The molecule has 0 aliphatic heterocycles. The number of halogens is 1. The van der Waals surface area contributed by atoms with Crippen LogP contribution in [0.2, 0.25) is 0 Å². The summed E-state index contributed by atoms with van der Waals surface area (Å²) in [6, 6.07) is 5.84. The zero-order chi connectivity index (χ0) is 12.8. The van der Waals surface area contributed by atoms with Gasteiger partial charge in [0.05, 0.1) is 18.2 Å². The van der Waals surface area contributed by atoms with Gasteiger partial charge < -0.3 is 5.11 Å². The molecule has 1 N–H and O–H groups in total. The third-order valence-electron chi connectivity index (χ3n) is 2.39. The van der Waals surface area contributed by atoms with Crippen molar-refractivity contribution in [1.82, 2.24) is 4.90 Å². The number of carboxylic acids is 1. The molecule has 5 heteroatoms. The third-order valence-corrected chi connectivity index (χ3v) is 2.39. The molecule has 17 heavy (non-hydrogen) atoms. The summed E-state index contributed by atoms with van der Waals surface area (Å²) in [5.41, 5.74) is 0.880. The topological polar surface area (TPSA) is 64.3 Å². The second kappa shape index (κ2) is 5.97. The van der Waals surface area contributed by atoms with Crippen LogP contribution in [0.3, 0.4) is 0 Å². The van der Waals surface area contributed by atoms with Gasteiger partial charge in [0.25, 0.3) is 0 Å². The number of carbonyl (C=O) groups is 1. The Hall–Kier alpha value is -1.93. The molecule has 0 radical (unpaired) electrons. The van der Waals surface area contributed by atoms with Gasteiger partial charge in [-0.1, -0.05) is 13.0 Å². The van der Waals surface area contributed by atoms with E-state index in [9.17, 15) is 9.18 Å². The average molecular weight is 236 g/mol. The Bertz CT molecular complexity index is 454. The molecule has 1 aromatic carbocycles. The number of hydrogen-bond acceptors (Lipinski definition) is 3. The molecule has 1 rings (SSSR count). The molecule has 0 aromatic heterocycles. The van der Waals surface area contributed by atoms with Crippen LogP contribution >= 0.6 is 0 Å². The van der Waals surface area contributed by atoms with Crippen LogP contribution in [0, 0.1) is 17.1 Å². The standard InChI is InChI=1S/C12H13FN2O2/c1-2-15(8-12(16)17)7-9-3-4-11(13)5-10(9)6-14/h3-5H,2,7-8H2,1H3,(H,16,17). The number of nitrogens with zero attached hydrogens (tertiary/aromatic N) is 2. The summed E-state index contributed by atoms with van der Waals surface area (Å²) >= 11 is 0. The minimum absolute atomic E-state index is 0.0985. The predicted octanol–water partition coefficient (Wildman–Crippen LogP) is 1.60. The van der Waals surface area contributed by atoms with Gasteiger partial charge in [0.2, 0.25) is 0 Å². The van der Waals surface area contributed by atoms with E-state index in [1.165, 1.54) is 12.1 Å². The van der Waals surface area contributed by atoms with Crippen LogP contribution in [-0.4, -0.2) is 29.1 Å². The van der Waals surface area contributed by atoms with Crippen molar-refractivity contribution in [3.8, 4) is 6.07 Å². The van der Waals surface area contributed by atoms with Crippen LogP contribution in [0.15, 0.2) is 18.2 Å². The third kappa shape index (κ3) is 3.85. The monoisotopic (exact) mass is 236 g/mol. The Labute approximate surface area is 98.9 Å². The molecular weight excluding hydrogens is 223 g/mol. The lowest BCUT2D eigenvalue weighted by Crippen LogP contribution is -2.29. The normalized spacial score (nSPS) is 10.2. The number of nitriles is 1. The molecule has 0 aliphatic rings. The van der Waals surface area contributed by atoms with Crippen LogP contribution in [0.5, 0.6) is 0 Å². The fraction of sp³-hybridized carbons (Fsp3) is 0.333. The highest BCUT2D eigenvalue weighted by Gasteiger charge is 2.11. The van der Waals surface area contributed by atoms with Crippen molar-refractivity contribution in [1.29, 1.82) is 5.26 Å². The largest absolute Gasteiger partial charge is 0.480 e. The lowest BCUT2D eigenvalue weighted by molar-refractivity contribution is -0.138. The number of benzene rings is 1. The molecule has 0 aliphatic carbocycles. The quantitative estimate of drug-likeness (QED) is 0.843. The zero-order valence-electron chi connectivity index (χ0n) is 9.48. The molecule has 90 valence electrons. The van der Waals surface area contributed by atoms with Gasteiger partial charge in [-0.25, -0.2) is 4.39 Å². The minimum Gasteiger partial charge on any atom is -0.480 e. The maximum Gasteiger partial charge on any atom is 0.317 e. The second-order valence-electron chi connectivity index (χ2n) is 3.61. The molecule has 0 atom stereocenters. The fourth-order valence-corrected chi connectivity index (χ4v) is 1.50. The van der Waals surface area contributed by atoms with Crippen molar-refractivity contribution in [2.24, 2.45) is 0 Å². The van der Waals surface area contributed by atoms with Crippen LogP contribution < -0.4 is 0 Å². The molecule has 0 saturated heterocycles. The summed E-state index contributed by atoms with van der Waals surface area (Å²) in [5.74, 6) is -1.39. The first kappa shape index (κ1) is 13.1. The summed E-state index contributed by atoms with van der Waals surface area (Å²) in [7, 11) is 0. The van der Waals surface area contributed by atoms with Crippen LogP contribution in [0.25, 0.3) is 0 Å². The highest BCUT2D eigenvalue weighted by Crippen LogP contribution is 2.12. The van der Waals surface area contributed by atoms with Crippen molar-refractivity contribution in [3.05, 3.63) is 35.1 Å². The number of aliphatic carboxylic acids is 1. The van der Waals surface area contributed by atoms with Crippen molar-refractivity contribution in [2.45, 2.75) is 13.5 Å². The Balaban J connectivity index is 2.86. The highest BCUT2D eigenvalue weighted by atomic mass is 19.1. The van der Waals surface area contributed by atoms with Crippen molar-refractivity contribution < 1.29 is 14.3 Å². The summed E-state index contributed by atoms with van der Waals surface area (Å²) < 4.78 is 12.9. The molecule has 1 aromatic rings. The summed E-state index contributed by atoms with van der Waals surface area (Å²) in [6.45, 7) is 2.61. The van der Waals surface area contributed by atoms with Gasteiger partial charge in [-0.05, 0) is 24.2 Å². The van der Waals surface area contributed by atoms with Crippen LogP contribution in [0.1, 0.15) is 18.1 Å². The van der Waals surface area contributed by atoms with E-state index in [1.807, 2.05) is 13.0 Å². The molecular formula is C12H13FN2O2. The van der Waals surface area contributed by atoms with E-state index in [0.29, 0.717) is 18.7 Å². The summed E-state index contributed by atoms with van der Waals surface area (Å²) in [6.07, 6.45) is 0. The molecule has 0 spiro atoms. The van der Waals surface area contributed by atoms with Crippen molar-refractivity contribution >= 4 is 5.97 Å². The Morgan fingerprint density at radius 2 is 2.29 bits per heavy atom. The number of hydrogen-bond donors (Lipinski definition) is 1. The van der Waals surface area contributed by atoms with E-state index in [4.69, 9.17) is 10.4 Å². The first-order valence-corrected chi connectivity index (χ1v) is 5.19. The molecule has 0 saturated carbocycles. The maximum atomic E-state index is 12.9. The highest BCUT2D eigenvalue weighted by molar-refractivity contribution is 5.69. The maximum absolute atomic E-state index is 12.9. The van der Waals surface area contributed by atoms with Gasteiger partial charge in [-0.2, -0.15) is 5.26 Å². The van der Waals surface area contributed by atoms with E-state index in [1.54, 1.807) is 4.90 Å². The number of carboxylic acid groups (broad SMARTS) is 1. The van der Waals surface area contributed by atoms with Crippen molar-refractivity contribution in [3.63, 3.8) is 0 Å². The van der Waals surface area contributed by atoms with E-state index in [0.717, 1.165) is 6.07 Å². The molecule has 0 heterocycles. The Kier molecular flexibility index (Phi) is 4.61. The summed E-state index contributed by atoms with van der Waals surface area (Å²) in [5, 5.41) is 17.6. The van der Waals surface area contributed by atoms with Crippen LogP contribution in [-0.2, 0) is 11.3 Å². The SMILES string of the molecule is CCN(CC(=O)O)Cc1ccc(F)cc1C#N. The Morgan fingerprint density at radius 3 is 2.82 bits per heavy atom. The number of likely N-dealkylation sites (N-methyl/N-ethyl adjacent to an activating group) is 1. The predicted molar refractivity (Wildman–Crippen MR) is 59.7 cm³/mol. The first-order valence-electron chi connectivity index (χ1n) is 5.19. The Morgan fingerprint density at radius 1 is 1.59 bits per heavy atom. The lowest BCUT2D eigenvalue weighted by Gasteiger charge is -2.18. The van der Waals surface area contributed by atoms with Gasteiger partial charge in [0.15, 0.2) is 0 Å². The zero-order valence-corrected chi connectivity index (χ0v) is 9.48. The van der Waals surface area contributed by atoms with Gasteiger partial charge >= 0.3 is 5.97 Å². The smallest absolute Gasteiger partial charge is 0.317 e. The molecule has 0 unspecified atom stereocenters.